The van der Waals surface area contributed by atoms with E-state index in [1.165, 1.54) is 6.07 Å². The van der Waals surface area contributed by atoms with Crippen molar-refractivity contribution in [3.05, 3.63) is 48.5 Å². The zero-order chi connectivity index (χ0) is 21.8. The van der Waals surface area contributed by atoms with E-state index in [1.807, 2.05) is 56.0 Å². The molecule has 3 heterocycles. The highest BCUT2D eigenvalue weighted by molar-refractivity contribution is 5.67. The first-order valence-electron chi connectivity index (χ1n) is 10.3. The number of halogens is 1. The van der Waals surface area contributed by atoms with E-state index in [4.69, 9.17) is 9.47 Å². The Labute approximate surface area is 180 Å². The fourth-order valence-electron chi connectivity index (χ4n) is 3.58. The molecule has 0 radical (unpaired) electrons. The van der Waals surface area contributed by atoms with Crippen LogP contribution in [0.15, 0.2) is 42.6 Å². The molecular weight excluding hydrogens is 399 g/mol. The molecule has 1 N–H and O–H groups in total. The second-order valence-electron chi connectivity index (χ2n) is 7.45. The lowest BCUT2D eigenvalue weighted by Crippen LogP contribution is -2.46. The van der Waals surface area contributed by atoms with E-state index in [0.29, 0.717) is 37.3 Å². The zero-order valence-electron chi connectivity index (χ0n) is 17.7. The lowest BCUT2D eigenvalue weighted by molar-refractivity contribution is -0.00576. The topological polar surface area (TPSA) is 85.3 Å². The maximum atomic E-state index is 14.2. The van der Waals surface area contributed by atoms with Gasteiger partial charge >= 0.3 is 0 Å². The van der Waals surface area contributed by atoms with E-state index in [2.05, 4.69) is 25.5 Å². The molecule has 0 unspecified atom stereocenters. The lowest BCUT2D eigenvalue weighted by Gasteiger charge is -2.35. The van der Waals surface area contributed by atoms with Crippen molar-refractivity contribution in [1.29, 1.82) is 0 Å². The van der Waals surface area contributed by atoms with Gasteiger partial charge in [-0.3, -0.25) is 0 Å². The molecule has 1 fully saturated rings. The van der Waals surface area contributed by atoms with Gasteiger partial charge in [0.15, 0.2) is 5.82 Å². The Bertz CT molecular complexity index is 1020. The fourth-order valence-corrected chi connectivity index (χ4v) is 3.58. The van der Waals surface area contributed by atoms with E-state index >= 15 is 0 Å². The van der Waals surface area contributed by atoms with Crippen molar-refractivity contribution in [2.24, 2.45) is 0 Å². The molecule has 1 aliphatic heterocycles. The van der Waals surface area contributed by atoms with Gasteiger partial charge in [-0.2, -0.15) is 19.5 Å². The number of anilines is 3. The third-order valence-electron chi connectivity index (χ3n) is 4.79. The molecule has 1 aromatic carbocycles. The second-order valence-corrected chi connectivity index (χ2v) is 7.45. The Morgan fingerprint density at radius 2 is 1.81 bits per heavy atom. The van der Waals surface area contributed by atoms with Gasteiger partial charge in [-0.05, 0) is 44.5 Å². The number of aromatic nitrogens is 4. The molecule has 2 aromatic heterocycles. The van der Waals surface area contributed by atoms with Crippen LogP contribution in [0.2, 0.25) is 0 Å². The summed E-state index contributed by atoms with van der Waals surface area (Å²) in [6.45, 7) is 7.71. The number of hydrogen-bond acceptors (Lipinski definition) is 8. The average Bonchev–Trinajstić information content (AvgIpc) is 2.74. The second kappa shape index (κ2) is 9.22. The molecule has 2 atom stereocenters. The van der Waals surface area contributed by atoms with Crippen LogP contribution in [0.1, 0.15) is 20.8 Å². The van der Waals surface area contributed by atoms with Crippen LogP contribution in [0, 0.1) is 5.95 Å². The maximum Gasteiger partial charge on any atom is 0.230 e. The predicted octanol–water partition coefficient (Wildman–Crippen LogP) is 3.83. The number of ether oxygens (including phenoxy) is 2. The molecule has 31 heavy (non-hydrogen) atoms. The number of nitrogens with zero attached hydrogens (tertiary/aromatic N) is 5. The van der Waals surface area contributed by atoms with Gasteiger partial charge in [0.2, 0.25) is 11.9 Å². The highest BCUT2D eigenvalue weighted by Gasteiger charge is 2.25. The predicted molar refractivity (Wildman–Crippen MR) is 116 cm³/mol. The molecule has 0 spiro atoms. The summed E-state index contributed by atoms with van der Waals surface area (Å²) in [6, 6.07) is 10.8. The first-order chi connectivity index (χ1) is 15.0. The zero-order valence-corrected chi connectivity index (χ0v) is 17.7. The summed E-state index contributed by atoms with van der Waals surface area (Å²) in [5.41, 5.74) is 1.83. The van der Waals surface area contributed by atoms with Crippen LogP contribution in [0.4, 0.5) is 22.0 Å². The van der Waals surface area contributed by atoms with Crippen molar-refractivity contribution in [3.8, 4) is 16.9 Å². The standard InChI is InChI=1S/C22H25FN6O2/c1-4-30-18-7-5-16(6-8-18)17-9-21(28-24-11-17)26-20-10-19(23)25-22(27-20)29-12-14(2)31-15(3)13-29/h5-11,14-15H,4,12-13H2,1-3H3,(H,25,26,27,28)/t14-,15+. The SMILES string of the molecule is CCOc1ccc(-c2cnnc(Nc3cc(F)nc(N4C[C@@H](C)O[C@@H](C)C4)n3)c2)cc1. The van der Waals surface area contributed by atoms with Crippen molar-refractivity contribution in [3.63, 3.8) is 0 Å². The van der Waals surface area contributed by atoms with Crippen molar-refractivity contribution in [2.75, 3.05) is 29.9 Å². The molecule has 4 rings (SSSR count). The molecule has 9 heteroatoms. The number of benzene rings is 1. The lowest BCUT2D eigenvalue weighted by atomic mass is 10.1. The first kappa shape index (κ1) is 20.9. The molecule has 0 bridgehead atoms. The number of nitrogens with one attached hydrogen (secondary N) is 1. The normalized spacial score (nSPS) is 18.6. The van der Waals surface area contributed by atoms with Gasteiger partial charge in [0.1, 0.15) is 11.6 Å². The van der Waals surface area contributed by atoms with Gasteiger partial charge in [-0.1, -0.05) is 12.1 Å². The smallest absolute Gasteiger partial charge is 0.230 e. The van der Waals surface area contributed by atoms with Gasteiger partial charge in [0.05, 0.1) is 25.0 Å². The van der Waals surface area contributed by atoms with E-state index in [9.17, 15) is 4.39 Å². The van der Waals surface area contributed by atoms with Gasteiger partial charge in [0.25, 0.3) is 0 Å². The minimum atomic E-state index is -0.616. The Balaban J connectivity index is 1.54. The fraction of sp³-hybridized carbons (Fsp3) is 0.364. The summed E-state index contributed by atoms with van der Waals surface area (Å²) in [6.07, 6.45) is 1.70. The Morgan fingerprint density at radius 3 is 2.52 bits per heavy atom. The van der Waals surface area contributed by atoms with Gasteiger partial charge < -0.3 is 19.7 Å². The molecule has 162 valence electrons. The number of rotatable bonds is 6. The largest absolute Gasteiger partial charge is 0.494 e. The summed E-state index contributed by atoms with van der Waals surface area (Å²) in [7, 11) is 0. The summed E-state index contributed by atoms with van der Waals surface area (Å²) in [5, 5.41) is 11.2. The maximum absolute atomic E-state index is 14.2. The summed E-state index contributed by atoms with van der Waals surface area (Å²) in [4.78, 5) is 10.4. The van der Waals surface area contributed by atoms with Crippen LogP contribution >= 0.6 is 0 Å². The minimum absolute atomic E-state index is 0.0173. The van der Waals surface area contributed by atoms with Gasteiger partial charge in [-0.15, -0.1) is 5.10 Å². The Hall–Kier alpha value is -3.33. The summed E-state index contributed by atoms with van der Waals surface area (Å²) in [5.74, 6) is 1.28. The molecule has 1 saturated heterocycles. The number of hydrogen-bond donors (Lipinski definition) is 1. The average molecular weight is 424 g/mol. The third-order valence-corrected chi connectivity index (χ3v) is 4.79. The van der Waals surface area contributed by atoms with Crippen LogP contribution < -0.4 is 15.0 Å². The van der Waals surface area contributed by atoms with E-state index in [0.717, 1.165) is 16.9 Å². The Kier molecular flexibility index (Phi) is 6.22. The highest BCUT2D eigenvalue weighted by Crippen LogP contribution is 2.25. The molecule has 0 saturated carbocycles. The summed E-state index contributed by atoms with van der Waals surface area (Å²) >= 11 is 0. The van der Waals surface area contributed by atoms with Crippen LogP contribution in [-0.4, -0.2) is 52.1 Å². The quantitative estimate of drug-likeness (QED) is 0.598. The third kappa shape index (κ3) is 5.24. The van der Waals surface area contributed by atoms with E-state index in [1.54, 1.807) is 6.20 Å². The molecule has 1 aliphatic rings. The van der Waals surface area contributed by atoms with Gasteiger partial charge in [-0.25, -0.2) is 0 Å². The van der Waals surface area contributed by atoms with Crippen molar-refractivity contribution in [1.82, 2.24) is 20.2 Å². The van der Waals surface area contributed by atoms with Crippen LogP contribution in [0.5, 0.6) is 5.75 Å². The van der Waals surface area contributed by atoms with Crippen molar-refractivity contribution >= 4 is 17.6 Å². The molecule has 3 aromatic rings. The number of morpholine rings is 1. The molecular formula is C22H25FN6O2. The van der Waals surface area contributed by atoms with E-state index in [-0.39, 0.29) is 12.2 Å². The molecule has 0 aliphatic carbocycles. The molecule has 8 nitrogen and oxygen atoms in total. The summed E-state index contributed by atoms with van der Waals surface area (Å²) < 4.78 is 25.4. The van der Waals surface area contributed by atoms with E-state index < -0.39 is 5.95 Å². The molecule has 0 amide bonds. The highest BCUT2D eigenvalue weighted by atomic mass is 19.1. The van der Waals surface area contributed by atoms with Crippen molar-refractivity contribution in [2.45, 2.75) is 33.0 Å². The van der Waals surface area contributed by atoms with Crippen LogP contribution in [-0.2, 0) is 4.74 Å². The van der Waals surface area contributed by atoms with Crippen molar-refractivity contribution < 1.29 is 13.9 Å². The monoisotopic (exact) mass is 424 g/mol. The Morgan fingerprint density at radius 1 is 1.06 bits per heavy atom. The first-order valence-corrected chi connectivity index (χ1v) is 10.3. The minimum Gasteiger partial charge on any atom is -0.494 e. The van der Waals surface area contributed by atoms with Crippen LogP contribution in [0.25, 0.3) is 11.1 Å². The van der Waals surface area contributed by atoms with Gasteiger partial charge in [0, 0.05) is 24.7 Å². The van der Waals surface area contributed by atoms with Crippen LogP contribution in [0.3, 0.4) is 0 Å².